The zero-order chi connectivity index (χ0) is 11.5. The second kappa shape index (κ2) is 4.68. The van der Waals surface area contributed by atoms with Gasteiger partial charge < -0.3 is 4.90 Å². The standard InChI is InChI=1S/C12H19N3O/c1-14-9-10(8-13-14)12(16)15(2)11-6-4-3-5-7-11/h8-9,11H,3-7H2,1-2H3. The van der Waals surface area contributed by atoms with Crippen LogP contribution in [0.25, 0.3) is 0 Å². The van der Waals surface area contributed by atoms with Gasteiger partial charge in [-0.3, -0.25) is 9.48 Å². The van der Waals surface area contributed by atoms with Gasteiger partial charge in [-0.1, -0.05) is 19.3 Å². The first kappa shape index (κ1) is 11.2. The fourth-order valence-electron chi connectivity index (χ4n) is 2.37. The summed E-state index contributed by atoms with van der Waals surface area (Å²) in [4.78, 5) is 14.0. The van der Waals surface area contributed by atoms with Crippen LogP contribution in [0.2, 0.25) is 0 Å². The molecule has 4 nitrogen and oxygen atoms in total. The second-order valence-electron chi connectivity index (χ2n) is 4.61. The molecule has 1 amide bonds. The van der Waals surface area contributed by atoms with Gasteiger partial charge in [0, 0.05) is 26.3 Å². The highest BCUT2D eigenvalue weighted by atomic mass is 16.2. The maximum Gasteiger partial charge on any atom is 0.257 e. The van der Waals surface area contributed by atoms with E-state index in [0.29, 0.717) is 11.6 Å². The largest absolute Gasteiger partial charge is 0.339 e. The number of carbonyl (C=O) groups is 1. The van der Waals surface area contributed by atoms with Gasteiger partial charge in [-0.05, 0) is 12.8 Å². The molecule has 0 aliphatic heterocycles. The highest BCUT2D eigenvalue weighted by Gasteiger charge is 2.23. The van der Waals surface area contributed by atoms with E-state index in [9.17, 15) is 4.79 Å². The molecule has 1 aromatic heterocycles. The van der Waals surface area contributed by atoms with Gasteiger partial charge in [-0.25, -0.2) is 0 Å². The predicted octanol–water partition coefficient (Wildman–Crippen LogP) is 1.82. The predicted molar refractivity (Wildman–Crippen MR) is 62.2 cm³/mol. The van der Waals surface area contributed by atoms with E-state index in [2.05, 4.69) is 5.10 Å². The molecule has 0 radical (unpaired) electrons. The lowest BCUT2D eigenvalue weighted by molar-refractivity contribution is 0.0696. The summed E-state index contributed by atoms with van der Waals surface area (Å²) in [6, 6.07) is 0.418. The Kier molecular flexibility index (Phi) is 3.27. The molecule has 1 fully saturated rings. The normalized spacial score (nSPS) is 17.4. The minimum atomic E-state index is 0.0972. The SMILES string of the molecule is CN(C(=O)c1cnn(C)c1)C1CCCCC1. The molecular weight excluding hydrogens is 202 g/mol. The van der Waals surface area contributed by atoms with Crippen molar-refractivity contribution in [2.45, 2.75) is 38.1 Å². The Hall–Kier alpha value is -1.32. The molecule has 0 saturated heterocycles. The molecule has 4 heteroatoms. The third-order valence-corrected chi connectivity index (χ3v) is 3.39. The first-order chi connectivity index (χ1) is 7.68. The van der Waals surface area contributed by atoms with Crippen molar-refractivity contribution in [1.82, 2.24) is 14.7 Å². The molecule has 0 bridgehead atoms. The number of hydrogen-bond donors (Lipinski definition) is 0. The number of nitrogens with zero attached hydrogens (tertiary/aromatic N) is 3. The summed E-state index contributed by atoms with van der Waals surface area (Å²) >= 11 is 0. The Morgan fingerprint density at radius 2 is 2.12 bits per heavy atom. The molecule has 0 atom stereocenters. The molecule has 0 aromatic carbocycles. The maximum absolute atomic E-state index is 12.1. The summed E-state index contributed by atoms with van der Waals surface area (Å²) in [5, 5.41) is 4.03. The van der Waals surface area contributed by atoms with Crippen molar-refractivity contribution in [3.05, 3.63) is 18.0 Å². The maximum atomic E-state index is 12.1. The first-order valence-electron chi connectivity index (χ1n) is 5.94. The molecule has 0 spiro atoms. The molecule has 1 saturated carbocycles. The third-order valence-electron chi connectivity index (χ3n) is 3.39. The third kappa shape index (κ3) is 2.26. The number of hydrogen-bond acceptors (Lipinski definition) is 2. The number of aromatic nitrogens is 2. The minimum Gasteiger partial charge on any atom is -0.339 e. The Bertz CT molecular complexity index is 366. The van der Waals surface area contributed by atoms with E-state index in [1.807, 2.05) is 19.0 Å². The van der Waals surface area contributed by atoms with Crippen LogP contribution in [0.4, 0.5) is 0 Å². The van der Waals surface area contributed by atoms with Crippen molar-refractivity contribution in [2.75, 3.05) is 7.05 Å². The Balaban J connectivity index is 2.03. The van der Waals surface area contributed by atoms with Crippen LogP contribution >= 0.6 is 0 Å². The van der Waals surface area contributed by atoms with Crippen molar-refractivity contribution in [2.24, 2.45) is 7.05 Å². The van der Waals surface area contributed by atoms with Gasteiger partial charge in [0.15, 0.2) is 0 Å². The molecule has 0 unspecified atom stereocenters. The number of carbonyl (C=O) groups excluding carboxylic acids is 1. The molecule has 0 N–H and O–H groups in total. The highest BCUT2D eigenvalue weighted by molar-refractivity contribution is 5.93. The molecule has 1 heterocycles. The molecule has 1 aromatic rings. The van der Waals surface area contributed by atoms with Gasteiger partial charge in [0.05, 0.1) is 11.8 Å². The van der Waals surface area contributed by atoms with Crippen LogP contribution in [0.15, 0.2) is 12.4 Å². The highest BCUT2D eigenvalue weighted by Crippen LogP contribution is 2.22. The quantitative estimate of drug-likeness (QED) is 0.764. The van der Waals surface area contributed by atoms with Crippen molar-refractivity contribution in [1.29, 1.82) is 0 Å². The van der Waals surface area contributed by atoms with Crippen LogP contribution in [-0.2, 0) is 7.05 Å². The van der Waals surface area contributed by atoms with Crippen molar-refractivity contribution in [3.8, 4) is 0 Å². The van der Waals surface area contributed by atoms with Gasteiger partial charge in [-0.15, -0.1) is 0 Å². The fourth-order valence-corrected chi connectivity index (χ4v) is 2.37. The van der Waals surface area contributed by atoms with Gasteiger partial charge in [0.25, 0.3) is 5.91 Å². The molecule has 88 valence electrons. The van der Waals surface area contributed by atoms with Gasteiger partial charge in [-0.2, -0.15) is 5.10 Å². The van der Waals surface area contributed by atoms with E-state index in [1.165, 1.54) is 19.3 Å². The molecule has 16 heavy (non-hydrogen) atoms. The average molecular weight is 221 g/mol. The zero-order valence-corrected chi connectivity index (χ0v) is 10.0. The van der Waals surface area contributed by atoms with Crippen LogP contribution in [0, 0.1) is 0 Å². The Morgan fingerprint density at radius 1 is 1.44 bits per heavy atom. The van der Waals surface area contributed by atoms with E-state index in [4.69, 9.17) is 0 Å². The number of rotatable bonds is 2. The first-order valence-corrected chi connectivity index (χ1v) is 5.94. The van der Waals surface area contributed by atoms with E-state index in [1.54, 1.807) is 17.1 Å². The lowest BCUT2D eigenvalue weighted by atomic mass is 9.94. The van der Waals surface area contributed by atoms with Gasteiger partial charge in [0.2, 0.25) is 0 Å². The van der Waals surface area contributed by atoms with E-state index in [-0.39, 0.29) is 5.91 Å². The summed E-state index contributed by atoms with van der Waals surface area (Å²) in [5.41, 5.74) is 0.690. The molecule has 1 aliphatic carbocycles. The summed E-state index contributed by atoms with van der Waals surface area (Å²) < 4.78 is 1.67. The number of amides is 1. The Morgan fingerprint density at radius 3 is 2.69 bits per heavy atom. The molecule has 1 aliphatic rings. The summed E-state index contributed by atoms with van der Waals surface area (Å²) in [6.07, 6.45) is 9.50. The summed E-state index contributed by atoms with van der Waals surface area (Å²) in [7, 11) is 3.74. The fraction of sp³-hybridized carbons (Fsp3) is 0.667. The van der Waals surface area contributed by atoms with E-state index in [0.717, 1.165) is 12.8 Å². The van der Waals surface area contributed by atoms with Crippen molar-refractivity contribution < 1.29 is 4.79 Å². The van der Waals surface area contributed by atoms with Crippen molar-refractivity contribution in [3.63, 3.8) is 0 Å². The zero-order valence-electron chi connectivity index (χ0n) is 10.0. The number of aryl methyl sites for hydroxylation is 1. The van der Waals surface area contributed by atoms with Crippen LogP contribution in [0.5, 0.6) is 0 Å². The van der Waals surface area contributed by atoms with Crippen LogP contribution in [0.3, 0.4) is 0 Å². The van der Waals surface area contributed by atoms with E-state index < -0.39 is 0 Å². The lowest BCUT2D eigenvalue weighted by Gasteiger charge is -2.30. The van der Waals surface area contributed by atoms with Crippen molar-refractivity contribution >= 4 is 5.91 Å². The smallest absolute Gasteiger partial charge is 0.257 e. The van der Waals surface area contributed by atoms with Crippen LogP contribution in [0.1, 0.15) is 42.5 Å². The second-order valence-corrected chi connectivity index (χ2v) is 4.61. The lowest BCUT2D eigenvalue weighted by Crippen LogP contribution is -2.38. The summed E-state index contributed by atoms with van der Waals surface area (Å²) in [6.45, 7) is 0. The molecular formula is C12H19N3O. The van der Waals surface area contributed by atoms with Crippen LogP contribution in [-0.4, -0.2) is 33.7 Å². The average Bonchev–Trinajstić information content (AvgIpc) is 2.75. The summed E-state index contributed by atoms with van der Waals surface area (Å²) in [5.74, 6) is 0.0972. The van der Waals surface area contributed by atoms with Gasteiger partial charge in [0.1, 0.15) is 0 Å². The van der Waals surface area contributed by atoms with E-state index >= 15 is 0 Å². The monoisotopic (exact) mass is 221 g/mol. The van der Waals surface area contributed by atoms with Gasteiger partial charge >= 0.3 is 0 Å². The molecule has 2 rings (SSSR count). The Labute approximate surface area is 96.2 Å². The topological polar surface area (TPSA) is 38.1 Å². The minimum absolute atomic E-state index is 0.0972. The van der Waals surface area contributed by atoms with Crippen LogP contribution < -0.4 is 0 Å².